The number of carbonyl (C=O) groups is 1. The lowest BCUT2D eigenvalue weighted by atomic mass is 10.1. The van der Waals surface area contributed by atoms with Gasteiger partial charge in [0.2, 0.25) is 0 Å². The Labute approximate surface area is 190 Å². The van der Waals surface area contributed by atoms with E-state index < -0.39 is 5.97 Å². The monoisotopic (exact) mass is 454 g/mol. The van der Waals surface area contributed by atoms with Gasteiger partial charge in [0.25, 0.3) is 5.56 Å². The second-order valence-electron chi connectivity index (χ2n) is 7.58. The van der Waals surface area contributed by atoms with Crippen LogP contribution < -0.4 is 10.3 Å². The van der Waals surface area contributed by atoms with Crippen molar-refractivity contribution < 1.29 is 14.3 Å². The largest absolute Gasteiger partial charge is 0.492 e. The van der Waals surface area contributed by atoms with Crippen LogP contribution in [0.5, 0.6) is 5.75 Å². The van der Waals surface area contributed by atoms with Crippen molar-refractivity contribution in [2.45, 2.75) is 32.4 Å². The van der Waals surface area contributed by atoms with Crippen molar-refractivity contribution in [1.82, 2.24) is 19.4 Å². The lowest BCUT2D eigenvalue weighted by Crippen LogP contribution is -2.29. The van der Waals surface area contributed by atoms with Crippen LogP contribution in [0.25, 0.3) is 0 Å². The summed E-state index contributed by atoms with van der Waals surface area (Å²) in [5.41, 5.74) is 1.98. The number of carbonyl (C=O) groups excluding carboxylic acids is 1. The van der Waals surface area contributed by atoms with Gasteiger partial charge in [0, 0.05) is 61.8 Å². The molecule has 0 N–H and O–H groups in total. The maximum absolute atomic E-state index is 12.9. The molecule has 8 nitrogen and oxygen atoms in total. The molecule has 3 aromatic heterocycles. The lowest BCUT2D eigenvalue weighted by Gasteiger charge is -2.17. The van der Waals surface area contributed by atoms with E-state index in [1.807, 2.05) is 23.7 Å². The highest BCUT2D eigenvalue weighted by molar-refractivity contribution is 7.09. The SMILES string of the molecule is COC(=O)c1c(OCCCc2cccnc2)cc(=O)n2c1CCN(Cc1nccs1)CC2. The van der Waals surface area contributed by atoms with Crippen molar-refractivity contribution in [3.63, 3.8) is 0 Å². The van der Waals surface area contributed by atoms with E-state index in [0.717, 1.165) is 30.0 Å². The molecule has 0 amide bonds. The van der Waals surface area contributed by atoms with Crippen LogP contribution in [-0.2, 0) is 30.7 Å². The summed E-state index contributed by atoms with van der Waals surface area (Å²) in [6.45, 7) is 3.04. The zero-order valence-corrected chi connectivity index (χ0v) is 18.8. The number of fused-ring (bicyclic) bond motifs is 1. The Morgan fingerprint density at radius 2 is 2.16 bits per heavy atom. The maximum Gasteiger partial charge on any atom is 0.343 e. The molecule has 1 aliphatic rings. The van der Waals surface area contributed by atoms with Crippen molar-refractivity contribution in [1.29, 1.82) is 0 Å². The van der Waals surface area contributed by atoms with Gasteiger partial charge in [0.1, 0.15) is 16.3 Å². The van der Waals surface area contributed by atoms with Crippen molar-refractivity contribution in [3.8, 4) is 5.75 Å². The molecular formula is C23H26N4O4S. The van der Waals surface area contributed by atoms with E-state index in [-0.39, 0.29) is 5.56 Å². The van der Waals surface area contributed by atoms with E-state index in [4.69, 9.17) is 9.47 Å². The molecule has 0 saturated carbocycles. The number of hydrogen-bond donors (Lipinski definition) is 0. The van der Waals surface area contributed by atoms with Crippen molar-refractivity contribution in [2.75, 3.05) is 26.8 Å². The molecule has 0 fully saturated rings. The predicted molar refractivity (Wildman–Crippen MR) is 121 cm³/mol. The van der Waals surface area contributed by atoms with E-state index in [1.165, 1.54) is 13.2 Å². The van der Waals surface area contributed by atoms with Crippen LogP contribution in [0.2, 0.25) is 0 Å². The summed E-state index contributed by atoms with van der Waals surface area (Å²) in [5.74, 6) is -0.183. The first-order valence-electron chi connectivity index (χ1n) is 10.6. The van der Waals surface area contributed by atoms with Gasteiger partial charge in [-0.25, -0.2) is 9.78 Å². The first kappa shape index (κ1) is 22.2. The molecule has 0 unspecified atom stereocenters. The molecule has 32 heavy (non-hydrogen) atoms. The predicted octanol–water partition coefficient (Wildman–Crippen LogP) is 2.56. The molecule has 0 radical (unpaired) electrons. The minimum absolute atomic E-state index is 0.161. The molecule has 4 rings (SSSR count). The van der Waals surface area contributed by atoms with Crippen molar-refractivity contribution >= 4 is 17.3 Å². The van der Waals surface area contributed by atoms with Gasteiger partial charge in [-0.15, -0.1) is 11.3 Å². The van der Waals surface area contributed by atoms with Gasteiger partial charge in [0.05, 0.1) is 20.3 Å². The van der Waals surface area contributed by atoms with Gasteiger partial charge in [0.15, 0.2) is 0 Å². The van der Waals surface area contributed by atoms with Crippen LogP contribution in [0.1, 0.15) is 33.0 Å². The van der Waals surface area contributed by atoms with Crippen LogP contribution in [0, 0.1) is 0 Å². The number of thiazole rings is 1. The summed E-state index contributed by atoms with van der Waals surface area (Å²) in [6, 6.07) is 5.33. The molecule has 4 heterocycles. The molecule has 3 aromatic rings. The number of nitrogens with zero attached hydrogens (tertiary/aromatic N) is 4. The van der Waals surface area contributed by atoms with Crippen LogP contribution in [0.4, 0.5) is 0 Å². The number of pyridine rings is 2. The average molecular weight is 455 g/mol. The lowest BCUT2D eigenvalue weighted by molar-refractivity contribution is 0.0593. The van der Waals surface area contributed by atoms with Crippen LogP contribution in [0.3, 0.4) is 0 Å². The molecule has 168 valence electrons. The van der Waals surface area contributed by atoms with Gasteiger partial charge in [-0.3, -0.25) is 14.7 Å². The summed E-state index contributed by atoms with van der Waals surface area (Å²) >= 11 is 1.61. The Balaban J connectivity index is 1.51. The van der Waals surface area contributed by atoms with E-state index in [9.17, 15) is 9.59 Å². The summed E-state index contributed by atoms with van der Waals surface area (Å²) in [6.07, 6.45) is 7.46. The fourth-order valence-electron chi connectivity index (χ4n) is 3.91. The summed E-state index contributed by atoms with van der Waals surface area (Å²) in [4.78, 5) is 36.3. The molecule has 0 aromatic carbocycles. The normalized spacial score (nSPS) is 13.9. The third-order valence-corrected chi connectivity index (χ3v) is 6.27. The molecule has 9 heteroatoms. The number of aryl methyl sites for hydroxylation is 1. The molecule has 1 aliphatic heterocycles. The smallest absolute Gasteiger partial charge is 0.343 e. The standard InChI is InChI=1S/C23H26N4O4S/c1-30-23(29)22-18-6-9-26(16-20-25-8-13-32-20)10-11-27(18)21(28)14-19(22)31-12-3-5-17-4-2-7-24-15-17/h2,4,7-8,13-15H,3,5-6,9-12,16H2,1H3. The highest BCUT2D eigenvalue weighted by Gasteiger charge is 2.26. The zero-order valence-electron chi connectivity index (χ0n) is 18.0. The fourth-order valence-corrected chi connectivity index (χ4v) is 4.57. The Hall–Kier alpha value is -3.04. The third-order valence-electron chi connectivity index (χ3n) is 5.51. The summed E-state index contributed by atoms with van der Waals surface area (Å²) in [7, 11) is 1.35. The first-order valence-corrected chi connectivity index (χ1v) is 11.5. The van der Waals surface area contributed by atoms with Crippen LogP contribution in [0.15, 0.2) is 47.0 Å². The third kappa shape index (κ3) is 5.23. The molecular weight excluding hydrogens is 428 g/mol. The minimum Gasteiger partial charge on any atom is -0.492 e. The number of aromatic nitrogens is 3. The second-order valence-corrected chi connectivity index (χ2v) is 8.56. The van der Waals surface area contributed by atoms with Crippen molar-refractivity contribution in [2.24, 2.45) is 0 Å². The van der Waals surface area contributed by atoms with Crippen molar-refractivity contribution in [3.05, 3.63) is 74.4 Å². The highest BCUT2D eigenvalue weighted by atomic mass is 32.1. The Bertz CT molecular complexity index is 1100. The molecule has 0 atom stereocenters. The average Bonchev–Trinajstić information content (AvgIpc) is 3.23. The number of methoxy groups -OCH3 is 1. The van der Waals surface area contributed by atoms with E-state index in [2.05, 4.69) is 14.9 Å². The number of rotatable bonds is 8. The number of hydrogen-bond acceptors (Lipinski definition) is 8. The van der Waals surface area contributed by atoms with Gasteiger partial charge in [-0.05, 0) is 24.5 Å². The molecule has 0 aliphatic carbocycles. The molecule has 0 saturated heterocycles. The van der Waals surface area contributed by atoms with E-state index in [1.54, 1.807) is 28.3 Å². The quantitative estimate of drug-likeness (QED) is 0.382. The minimum atomic E-state index is -0.482. The zero-order chi connectivity index (χ0) is 22.3. The summed E-state index contributed by atoms with van der Waals surface area (Å²) < 4.78 is 12.6. The molecule has 0 spiro atoms. The van der Waals surface area contributed by atoms with Gasteiger partial charge in [-0.1, -0.05) is 6.07 Å². The van der Waals surface area contributed by atoms with Crippen LogP contribution in [-0.4, -0.2) is 52.2 Å². The Kier molecular flexibility index (Phi) is 7.28. The van der Waals surface area contributed by atoms with E-state index >= 15 is 0 Å². The Morgan fingerprint density at radius 3 is 2.91 bits per heavy atom. The summed E-state index contributed by atoms with van der Waals surface area (Å²) in [5, 5.41) is 2.99. The topological polar surface area (TPSA) is 86.6 Å². The highest BCUT2D eigenvalue weighted by Crippen LogP contribution is 2.25. The van der Waals surface area contributed by atoms with Gasteiger partial charge >= 0.3 is 5.97 Å². The Morgan fingerprint density at radius 1 is 1.25 bits per heavy atom. The van der Waals surface area contributed by atoms with Gasteiger partial charge < -0.3 is 14.0 Å². The first-order chi connectivity index (χ1) is 15.7. The van der Waals surface area contributed by atoms with Crippen LogP contribution >= 0.6 is 11.3 Å². The molecule has 0 bridgehead atoms. The fraction of sp³-hybridized carbons (Fsp3) is 0.391. The second kappa shape index (κ2) is 10.5. The maximum atomic E-state index is 12.9. The van der Waals surface area contributed by atoms with E-state index in [0.29, 0.717) is 49.7 Å². The number of esters is 1. The number of ether oxygens (including phenoxy) is 2. The van der Waals surface area contributed by atoms with Gasteiger partial charge in [-0.2, -0.15) is 0 Å².